The number of piperidine rings is 1. The van der Waals surface area contributed by atoms with Gasteiger partial charge in [-0.15, -0.1) is 0 Å². The molecule has 1 aliphatic rings. The first-order valence-electron chi connectivity index (χ1n) is 9.62. The molecule has 5 nitrogen and oxygen atoms in total. The third-order valence-corrected chi connectivity index (χ3v) is 5.40. The molecule has 0 aliphatic carbocycles. The molecule has 0 unspecified atom stereocenters. The maximum atomic E-state index is 13.8. The summed E-state index contributed by atoms with van der Waals surface area (Å²) < 4.78 is 15.3. The monoisotopic (exact) mass is 368 g/mol. The van der Waals surface area contributed by atoms with E-state index in [0.29, 0.717) is 18.1 Å². The molecule has 1 atom stereocenters. The summed E-state index contributed by atoms with van der Waals surface area (Å²) in [6.07, 6.45) is 4.08. The normalized spacial score (nSPS) is 18.2. The van der Waals surface area contributed by atoms with Crippen LogP contribution in [0.1, 0.15) is 36.2 Å². The summed E-state index contributed by atoms with van der Waals surface area (Å²) >= 11 is 0. The fourth-order valence-electron chi connectivity index (χ4n) is 4.06. The van der Waals surface area contributed by atoms with Crippen LogP contribution in [0.25, 0.3) is 5.65 Å². The van der Waals surface area contributed by atoms with Crippen LogP contribution in [0, 0.1) is 18.7 Å². The molecule has 0 bridgehead atoms. The number of hydrogen-bond donors (Lipinski definition) is 1. The molecular weight excluding hydrogens is 343 g/mol. The number of aromatic nitrogens is 3. The Morgan fingerprint density at radius 2 is 2.15 bits per heavy atom. The van der Waals surface area contributed by atoms with E-state index >= 15 is 0 Å². The number of fused-ring (bicyclic) bond motifs is 1. The third-order valence-electron chi connectivity index (χ3n) is 5.40. The van der Waals surface area contributed by atoms with E-state index < -0.39 is 0 Å². The molecule has 1 fully saturated rings. The number of nitrogens with zero attached hydrogens (tertiary/aromatic N) is 3. The zero-order chi connectivity index (χ0) is 18.8. The van der Waals surface area contributed by atoms with E-state index in [1.807, 2.05) is 25.1 Å². The summed E-state index contributed by atoms with van der Waals surface area (Å²) in [6.45, 7) is 4.59. The van der Waals surface area contributed by atoms with Crippen molar-refractivity contribution in [2.45, 2.75) is 39.2 Å². The maximum Gasteiger partial charge on any atom is 0.272 e. The second-order valence-corrected chi connectivity index (χ2v) is 7.59. The quantitative estimate of drug-likeness (QED) is 0.752. The smallest absolute Gasteiger partial charge is 0.272 e. The van der Waals surface area contributed by atoms with Gasteiger partial charge >= 0.3 is 0 Å². The average molecular weight is 368 g/mol. The third kappa shape index (κ3) is 4.11. The number of hydrogen-bond acceptors (Lipinski definition) is 3. The Morgan fingerprint density at radius 3 is 3.00 bits per heavy atom. The average Bonchev–Trinajstić information content (AvgIpc) is 3.02. The van der Waals surface area contributed by atoms with Gasteiger partial charge in [-0.3, -0.25) is 14.8 Å². The van der Waals surface area contributed by atoms with Crippen molar-refractivity contribution in [2.24, 2.45) is 5.92 Å². The molecule has 2 aromatic heterocycles. The topological polar surface area (TPSA) is 53.4 Å². The summed E-state index contributed by atoms with van der Waals surface area (Å²) in [5.74, 6) is 0.447. The Kier molecular flexibility index (Phi) is 5.07. The first kappa shape index (κ1) is 17.9. The van der Waals surface area contributed by atoms with Crippen LogP contribution in [-0.4, -0.2) is 32.6 Å². The summed E-state index contributed by atoms with van der Waals surface area (Å²) in [6, 6.07) is 10.5. The SMILES string of the molecule is Cc1cc2nc(CN3CCC[C@@H](CCc4ccccc4F)C3)cc(=O)n2[nH]1. The number of likely N-dealkylation sites (tertiary alicyclic amines) is 1. The summed E-state index contributed by atoms with van der Waals surface area (Å²) in [5, 5.41) is 3.00. The van der Waals surface area contributed by atoms with Crippen LogP contribution in [0.5, 0.6) is 0 Å². The Hall–Kier alpha value is -2.47. The molecule has 6 heteroatoms. The number of H-pyrrole nitrogens is 1. The molecule has 1 aliphatic heterocycles. The molecule has 4 rings (SSSR count). The summed E-state index contributed by atoms with van der Waals surface area (Å²) in [5.41, 5.74) is 3.13. The van der Waals surface area contributed by atoms with Crippen molar-refractivity contribution in [2.75, 3.05) is 13.1 Å². The van der Waals surface area contributed by atoms with Crippen molar-refractivity contribution in [3.8, 4) is 0 Å². The highest BCUT2D eigenvalue weighted by Crippen LogP contribution is 2.23. The van der Waals surface area contributed by atoms with Crippen LogP contribution in [0.2, 0.25) is 0 Å². The standard InChI is InChI=1S/C21H25FN4O/c1-15-11-20-23-18(12-21(27)26(20)24-15)14-25-10-4-5-16(13-25)8-9-17-6-2-3-7-19(17)22/h2-3,6-7,11-12,16,24H,4-5,8-10,13-14H2,1H3/t16-/m0/s1. The highest BCUT2D eigenvalue weighted by molar-refractivity contribution is 5.39. The van der Waals surface area contributed by atoms with Crippen molar-refractivity contribution in [3.05, 3.63) is 69.5 Å². The number of aryl methyl sites for hydroxylation is 2. The fraction of sp³-hybridized carbons (Fsp3) is 0.429. The van der Waals surface area contributed by atoms with E-state index in [0.717, 1.165) is 49.3 Å². The van der Waals surface area contributed by atoms with Gasteiger partial charge in [0.05, 0.1) is 5.69 Å². The second-order valence-electron chi connectivity index (χ2n) is 7.59. The molecule has 0 radical (unpaired) electrons. The predicted octanol–water partition coefficient (Wildman–Crippen LogP) is 3.31. The fourth-order valence-corrected chi connectivity index (χ4v) is 4.06. The van der Waals surface area contributed by atoms with Gasteiger partial charge in [-0.25, -0.2) is 13.9 Å². The van der Waals surface area contributed by atoms with E-state index in [9.17, 15) is 9.18 Å². The molecule has 3 heterocycles. The Bertz CT molecular complexity index is 993. The zero-order valence-electron chi connectivity index (χ0n) is 15.6. The van der Waals surface area contributed by atoms with Gasteiger partial charge in [0.15, 0.2) is 5.65 Å². The largest absolute Gasteiger partial charge is 0.297 e. The second kappa shape index (κ2) is 7.64. The lowest BCUT2D eigenvalue weighted by atomic mass is 9.91. The van der Waals surface area contributed by atoms with Crippen LogP contribution in [-0.2, 0) is 13.0 Å². The molecule has 27 heavy (non-hydrogen) atoms. The molecule has 0 amide bonds. The van der Waals surface area contributed by atoms with Gasteiger partial charge in [0.2, 0.25) is 0 Å². The van der Waals surface area contributed by atoms with Crippen LogP contribution in [0.15, 0.2) is 41.2 Å². The van der Waals surface area contributed by atoms with Crippen LogP contribution in [0.4, 0.5) is 4.39 Å². The van der Waals surface area contributed by atoms with Gasteiger partial charge in [0.1, 0.15) is 5.82 Å². The van der Waals surface area contributed by atoms with Crippen molar-refractivity contribution in [1.29, 1.82) is 0 Å². The van der Waals surface area contributed by atoms with Gasteiger partial charge in [0.25, 0.3) is 5.56 Å². The maximum absolute atomic E-state index is 13.8. The van der Waals surface area contributed by atoms with Gasteiger partial charge in [-0.1, -0.05) is 18.2 Å². The van der Waals surface area contributed by atoms with Crippen molar-refractivity contribution >= 4 is 5.65 Å². The number of aromatic amines is 1. The lowest BCUT2D eigenvalue weighted by Gasteiger charge is -2.32. The van der Waals surface area contributed by atoms with E-state index in [-0.39, 0.29) is 11.4 Å². The van der Waals surface area contributed by atoms with Crippen molar-refractivity contribution < 1.29 is 4.39 Å². The lowest BCUT2D eigenvalue weighted by molar-refractivity contribution is 0.160. The van der Waals surface area contributed by atoms with Crippen LogP contribution in [0.3, 0.4) is 0 Å². The molecule has 1 aromatic carbocycles. The molecule has 3 aromatic rings. The Labute approximate surface area is 157 Å². The van der Waals surface area contributed by atoms with E-state index in [4.69, 9.17) is 0 Å². The minimum atomic E-state index is -0.107. The molecule has 1 saturated heterocycles. The number of nitrogens with one attached hydrogen (secondary N) is 1. The predicted molar refractivity (Wildman–Crippen MR) is 103 cm³/mol. The molecular formula is C21H25FN4O. The molecule has 0 spiro atoms. The Balaban J connectivity index is 1.40. The first-order valence-corrected chi connectivity index (χ1v) is 9.62. The number of benzene rings is 1. The van der Waals surface area contributed by atoms with Gasteiger partial charge in [0, 0.05) is 30.9 Å². The lowest BCUT2D eigenvalue weighted by Crippen LogP contribution is -2.35. The highest BCUT2D eigenvalue weighted by atomic mass is 19.1. The highest BCUT2D eigenvalue weighted by Gasteiger charge is 2.21. The minimum Gasteiger partial charge on any atom is -0.297 e. The summed E-state index contributed by atoms with van der Waals surface area (Å²) in [7, 11) is 0. The van der Waals surface area contributed by atoms with Gasteiger partial charge in [-0.05, 0) is 56.7 Å². The van der Waals surface area contributed by atoms with E-state index in [1.54, 1.807) is 12.1 Å². The van der Waals surface area contributed by atoms with Gasteiger partial charge < -0.3 is 0 Å². The van der Waals surface area contributed by atoms with Crippen LogP contribution >= 0.6 is 0 Å². The molecule has 0 saturated carbocycles. The molecule has 1 N–H and O–H groups in total. The summed E-state index contributed by atoms with van der Waals surface area (Å²) in [4.78, 5) is 19.2. The number of halogens is 1. The Morgan fingerprint density at radius 1 is 1.30 bits per heavy atom. The first-order chi connectivity index (χ1) is 13.1. The van der Waals surface area contributed by atoms with E-state index in [1.165, 1.54) is 17.0 Å². The number of rotatable bonds is 5. The van der Waals surface area contributed by atoms with Crippen LogP contribution < -0.4 is 5.56 Å². The van der Waals surface area contributed by atoms with Crippen molar-refractivity contribution in [1.82, 2.24) is 19.5 Å². The minimum absolute atomic E-state index is 0.0730. The van der Waals surface area contributed by atoms with E-state index in [2.05, 4.69) is 15.0 Å². The zero-order valence-corrected chi connectivity index (χ0v) is 15.6. The molecule has 142 valence electrons. The van der Waals surface area contributed by atoms with Crippen molar-refractivity contribution in [3.63, 3.8) is 0 Å². The van der Waals surface area contributed by atoms with Gasteiger partial charge in [-0.2, -0.15) is 0 Å².